The van der Waals surface area contributed by atoms with E-state index in [2.05, 4.69) is 39.4 Å². The Morgan fingerprint density at radius 3 is 2.58 bits per heavy atom. The van der Waals surface area contributed by atoms with Crippen molar-refractivity contribution >= 4 is 40.4 Å². The third-order valence-electron chi connectivity index (χ3n) is 5.97. The third-order valence-corrected chi connectivity index (χ3v) is 6.99. The van der Waals surface area contributed by atoms with Gasteiger partial charge in [-0.2, -0.15) is 0 Å². The van der Waals surface area contributed by atoms with E-state index in [0.717, 1.165) is 37.0 Å². The third kappa shape index (κ3) is 6.06. The van der Waals surface area contributed by atoms with Crippen molar-refractivity contribution in [3.8, 4) is 0 Å². The van der Waals surface area contributed by atoms with Crippen LogP contribution in [0.4, 0.5) is 10.1 Å². The molecule has 0 bridgehead atoms. The summed E-state index contributed by atoms with van der Waals surface area (Å²) in [5, 5.41) is 16.6. The summed E-state index contributed by atoms with van der Waals surface area (Å²) in [6.07, 6.45) is 1.69. The molecule has 0 aliphatic carbocycles. The van der Waals surface area contributed by atoms with E-state index in [4.69, 9.17) is 0 Å². The van der Waals surface area contributed by atoms with Gasteiger partial charge >= 0.3 is 0 Å². The number of aliphatic hydroxyl groups is 1. The van der Waals surface area contributed by atoms with E-state index in [1.54, 1.807) is 12.1 Å². The molecule has 36 heavy (non-hydrogen) atoms. The first-order valence-corrected chi connectivity index (χ1v) is 12.6. The molecule has 10 heteroatoms. The van der Waals surface area contributed by atoms with Crippen LogP contribution in [0.3, 0.4) is 0 Å². The molecule has 0 unspecified atom stereocenters. The minimum absolute atomic E-state index is 0.00770. The summed E-state index contributed by atoms with van der Waals surface area (Å²) >= 11 is 1.10. The topological polar surface area (TPSA) is 110 Å². The molecule has 2 heterocycles. The molecule has 0 radical (unpaired) electrons. The van der Waals surface area contributed by atoms with Crippen molar-refractivity contribution in [2.24, 2.45) is 4.99 Å². The van der Waals surface area contributed by atoms with Crippen molar-refractivity contribution in [2.75, 3.05) is 33.2 Å². The summed E-state index contributed by atoms with van der Waals surface area (Å²) in [4.78, 5) is 35.6. The standard InChI is InChI=1S/C26H32FN5O3S/c1-6-32(7-2)12-11-29-25(35)21-15(3)19(30-16(21)4)14-20-23(33)22(24(34)28-5)26(36-20)31-18-10-8-9-17(27)13-18/h8-10,13-14,30,33H,6-7,11-12H2,1-5H3,(H,28,34)(H,29,35)/b20-14+,31-26?. The van der Waals surface area contributed by atoms with Crippen LogP contribution in [0.15, 0.2) is 45.5 Å². The summed E-state index contributed by atoms with van der Waals surface area (Å²) in [6, 6.07) is 5.68. The Kier molecular flexibility index (Phi) is 9.11. The Morgan fingerprint density at radius 2 is 1.94 bits per heavy atom. The summed E-state index contributed by atoms with van der Waals surface area (Å²) < 4.78 is 13.6. The van der Waals surface area contributed by atoms with Crippen LogP contribution in [-0.4, -0.2) is 65.1 Å². The van der Waals surface area contributed by atoms with E-state index in [9.17, 15) is 19.1 Å². The van der Waals surface area contributed by atoms with Gasteiger partial charge < -0.3 is 25.6 Å². The fourth-order valence-corrected chi connectivity index (χ4v) is 4.97. The molecule has 192 valence electrons. The largest absolute Gasteiger partial charge is 0.506 e. The predicted octanol–water partition coefficient (Wildman–Crippen LogP) is 4.22. The Hall–Kier alpha value is -3.37. The highest BCUT2D eigenvalue weighted by atomic mass is 32.2. The quantitative estimate of drug-likeness (QED) is 0.401. The van der Waals surface area contributed by atoms with E-state index in [1.165, 1.54) is 25.2 Å². The minimum Gasteiger partial charge on any atom is -0.506 e. The Labute approximate surface area is 214 Å². The minimum atomic E-state index is -0.508. The second-order valence-corrected chi connectivity index (χ2v) is 9.29. The van der Waals surface area contributed by atoms with Gasteiger partial charge in [-0.15, -0.1) is 0 Å². The number of aromatic amines is 1. The van der Waals surface area contributed by atoms with Crippen LogP contribution in [0.5, 0.6) is 0 Å². The fourth-order valence-electron chi connectivity index (χ4n) is 3.94. The second kappa shape index (κ2) is 12.0. The molecule has 1 aliphatic rings. The molecule has 2 aromatic rings. The van der Waals surface area contributed by atoms with Crippen LogP contribution in [0.25, 0.3) is 6.08 Å². The lowest BCUT2D eigenvalue weighted by Crippen LogP contribution is -2.35. The lowest BCUT2D eigenvalue weighted by atomic mass is 10.1. The van der Waals surface area contributed by atoms with Crippen molar-refractivity contribution in [3.05, 3.63) is 68.8 Å². The normalized spacial score (nSPS) is 15.9. The van der Waals surface area contributed by atoms with Crippen LogP contribution in [0, 0.1) is 19.7 Å². The average Bonchev–Trinajstić information content (AvgIpc) is 3.30. The molecule has 0 atom stereocenters. The van der Waals surface area contributed by atoms with E-state index in [1.807, 2.05) is 13.8 Å². The van der Waals surface area contributed by atoms with Gasteiger partial charge in [0.05, 0.1) is 16.2 Å². The van der Waals surface area contributed by atoms with Crippen molar-refractivity contribution in [3.63, 3.8) is 0 Å². The molecule has 0 saturated carbocycles. The van der Waals surface area contributed by atoms with Gasteiger partial charge in [-0.25, -0.2) is 9.38 Å². The van der Waals surface area contributed by atoms with Gasteiger partial charge in [0.15, 0.2) is 0 Å². The molecule has 0 saturated heterocycles. The van der Waals surface area contributed by atoms with Crippen molar-refractivity contribution in [1.82, 2.24) is 20.5 Å². The number of likely N-dealkylation sites (N-methyl/N-ethyl adjacent to an activating group) is 2. The van der Waals surface area contributed by atoms with Crippen LogP contribution in [0.1, 0.15) is 41.2 Å². The van der Waals surface area contributed by atoms with E-state index in [-0.39, 0.29) is 22.3 Å². The highest BCUT2D eigenvalue weighted by Crippen LogP contribution is 2.40. The number of rotatable bonds is 9. The van der Waals surface area contributed by atoms with Crippen LogP contribution in [0.2, 0.25) is 0 Å². The zero-order chi connectivity index (χ0) is 26.4. The molecule has 0 spiro atoms. The Bertz CT molecular complexity index is 1240. The lowest BCUT2D eigenvalue weighted by Gasteiger charge is -2.18. The zero-order valence-corrected chi connectivity index (χ0v) is 22.0. The summed E-state index contributed by atoms with van der Waals surface area (Å²) in [5.74, 6) is -1.36. The molecule has 1 aliphatic heterocycles. The molecule has 2 amide bonds. The monoisotopic (exact) mass is 513 g/mol. The number of H-pyrrole nitrogens is 1. The maximum Gasteiger partial charge on any atom is 0.257 e. The van der Waals surface area contributed by atoms with Crippen LogP contribution in [-0.2, 0) is 4.79 Å². The fraction of sp³-hybridized carbons (Fsp3) is 0.346. The number of aromatic nitrogens is 1. The molecule has 1 aromatic heterocycles. The van der Waals surface area contributed by atoms with Gasteiger partial charge in [0, 0.05) is 31.5 Å². The predicted molar refractivity (Wildman–Crippen MR) is 143 cm³/mol. The smallest absolute Gasteiger partial charge is 0.257 e. The molecular formula is C26H32FN5O3S. The van der Waals surface area contributed by atoms with Gasteiger partial charge in [-0.3, -0.25) is 9.59 Å². The SMILES string of the molecule is CCN(CC)CCNC(=O)c1c(C)[nH]c(/C=C2/SC(=Nc3cccc(F)c3)C(C(=O)NC)=C2O)c1C. The van der Waals surface area contributed by atoms with Crippen molar-refractivity contribution < 1.29 is 19.1 Å². The van der Waals surface area contributed by atoms with Crippen molar-refractivity contribution in [2.45, 2.75) is 27.7 Å². The number of thioether (sulfide) groups is 1. The van der Waals surface area contributed by atoms with Crippen LogP contribution < -0.4 is 10.6 Å². The summed E-state index contributed by atoms with van der Waals surface area (Å²) in [7, 11) is 1.46. The number of hydrogen-bond donors (Lipinski definition) is 4. The molecule has 3 rings (SSSR count). The maximum absolute atomic E-state index is 13.6. The van der Waals surface area contributed by atoms with Gasteiger partial charge in [0.1, 0.15) is 22.2 Å². The number of aryl methyl sites for hydroxylation is 1. The highest BCUT2D eigenvalue weighted by molar-refractivity contribution is 8.18. The molecule has 8 nitrogen and oxygen atoms in total. The Balaban J connectivity index is 1.90. The number of amides is 2. The number of carbonyl (C=O) groups excluding carboxylic acids is 2. The van der Waals surface area contributed by atoms with E-state index in [0.29, 0.717) is 34.1 Å². The summed E-state index contributed by atoms with van der Waals surface area (Å²) in [6.45, 7) is 11.0. The number of nitrogens with one attached hydrogen (secondary N) is 3. The molecule has 1 aromatic carbocycles. The van der Waals surface area contributed by atoms with Gasteiger partial charge in [0.25, 0.3) is 11.8 Å². The van der Waals surface area contributed by atoms with Gasteiger partial charge in [0.2, 0.25) is 0 Å². The maximum atomic E-state index is 13.6. The van der Waals surface area contributed by atoms with E-state index < -0.39 is 11.7 Å². The van der Waals surface area contributed by atoms with Crippen LogP contribution >= 0.6 is 11.8 Å². The average molecular weight is 514 g/mol. The molecule has 4 N–H and O–H groups in total. The number of benzene rings is 1. The number of aliphatic hydroxyl groups excluding tert-OH is 1. The number of nitrogens with zero attached hydrogens (tertiary/aromatic N) is 2. The van der Waals surface area contributed by atoms with Gasteiger partial charge in [-0.1, -0.05) is 31.7 Å². The second-order valence-electron chi connectivity index (χ2n) is 8.26. The Morgan fingerprint density at radius 1 is 1.22 bits per heavy atom. The highest BCUT2D eigenvalue weighted by Gasteiger charge is 2.32. The van der Waals surface area contributed by atoms with Crippen molar-refractivity contribution in [1.29, 1.82) is 0 Å². The molecule has 0 fully saturated rings. The molecular weight excluding hydrogens is 481 g/mol. The zero-order valence-electron chi connectivity index (χ0n) is 21.2. The first-order chi connectivity index (χ1) is 17.2. The van der Waals surface area contributed by atoms with Gasteiger partial charge in [-0.05, 0) is 56.8 Å². The first-order valence-electron chi connectivity index (χ1n) is 11.8. The first kappa shape index (κ1) is 27.2. The van der Waals surface area contributed by atoms with E-state index >= 15 is 0 Å². The number of carbonyl (C=O) groups is 2. The number of halogens is 1. The number of hydrogen-bond acceptors (Lipinski definition) is 6. The lowest BCUT2D eigenvalue weighted by molar-refractivity contribution is -0.116. The number of aliphatic imine (C=N–C) groups is 1. The summed E-state index contributed by atoms with van der Waals surface area (Å²) in [5.41, 5.74) is 2.95.